The van der Waals surface area contributed by atoms with Crippen LogP contribution in [0.2, 0.25) is 10.0 Å². The van der Waals surface area contributed by atoms with E-state index in [-0.39, 0.29) is 0 Å². The van der Waals surface area contributed by atoms with E-state index in [0.717, 1.165) is 10.2 Å². The number of carbonyl (C=O) groups is 2. The minimum absolute atomic E-state index is 0.392. The maximum Gasteiger partial charge on any atom is 0.331 e. The second-order valence-electron chi connectivity index (χ2n) is 5.17. The van der Waals surface area contributed by atoms with Crippen molar-refractivity contribution in [3.63, 3.8) is 0 Å². The third kappa shape index (κ3) is 5.05. The van der Waals surface area contributed by atoms with Gasteiger partial charge in [-0.15, -0.1) is 11.3 Å². The summed E-state index contributed by atoms with van der Waals surface area (Å²) >= 11 is 13.2. The van der Waals surface area contributed by atoms with Crippen LogP contribution in [0, 0.1) is 0 Å². The van der Waals surface area contributed by atoms with Crippen LogP contribution in [0.25, 0.3) is 16.3 Å². The fourth-order valence-corrected chi connectivity index (χ4v) is 3.50. The fourth-order valence-electron chi connectivity index (χ4n) is 2.11. The maximum absolute atomic E-state index is 11.8. The van der Waals surface area contributed by atoms with Gasteiger partial charge in [0, 0.05) is 21.8 Å². The largest absolute Gasteiger partial charge is 0.452 e. The van der Waals surface area contributed by atoms with Crippen LogP contribution in [0.4, 0.5) is 5.69 Å². The molecule has 0 radical (unpaired) electrons. The van der Waals surface area contributed by atoms with Crippen LogP contribution < -0.4 is 5.32 Å². The summed E-state index contributed by atoms with van der Waals surface area (Å²) in [5.74, 6) is -1.13. The number of fused-ring (bicyclic) bond motifs is 1. The van der Waals surface area contributed by atoms with Gasteiger partial charge in [0.15, 0.2) is 6.61 Å². The molecule has 0 fully saturated rings. The van der Waals surface area contributed by atoms with Crippen LogP contribution in [0.1, 0.15) is 5.01 Å². The van der Waals surface area contributed by atoms with Crippen LogP contribution >= 0.6 is 34.5 Å². The zero-order valence-electron chi connectivity index (χ0n) is 13.2. The van der Waals surface area contributed by atoms with Gasteiger partial charge in [0.05, 0.1) is 10.2 Å². The molecule has 26 heavy (non-hydrogen) atoms. The second-order valence-corrected chi connectivity index (χ2v) is 7.10. The predicted molar refractivity (Wildman–Crippen MR) is 105 cm³/mol. The fraction of sp³-hybridized carbons (Fsp3) is 0.0556. The Morgan fingerprint density at radius 2 is 1.88 bits per heavy atom. The highest BCUT2D eigenvalue weighted by atomic mass is 35.5. The number of ether oxygens (including phenoxy) is 1. The minimum Gasteiger partial charge on any atom is -0.452 e. The molecule has 3 rings (SSSR count). The monoisotopic (exact) mass is 406 g/mol. The van der Waals surface area contributed by atoms with Crippen molar-refractivity contribution in [1.82, 2.24) is 4.98 Å². The average molecular weight is 407 g/mol. The molecular formula is C18H12Cl2N2O3S. The Kier molecular flexibility index (Phi) is 5.88. The van der Waals surface area contributed by atoms with Gasteiger partial charge < -0.3 is 10.1 Å². The normalized spacial score (nSPS) is 11.0. The third-order valence-corrected chi connectivity index (χ3v) is 4.60. The highest BCUT2D eigenvalue weighted by molar-refractivity contribution is 7.19. The molecule has 0 aliphatic carbocycles. The lowest BCUT2D eigenvalue weighted by Crippen LogP contribution is -2.20. The Labute approximate surface area is 163 Å². The molecule has 5 nitrogen and oxygen atoms in total. The number of benzene rings is 2. The van der Waals surface area contributed by atoms with Gasteiger partial charge in [-0.2, -0.15) is 0 Å². The minimum atomic E-state index is -0.636. The summed E-state index contributed by atoms with van der Waals surface area (Å²) < 4.78 is 5.93. The smallest absolute Gasteiger partial charge is 0.331 e. The number of amides is 1. The molecule has 2 aromatic carbocycles. The van der Waals surface area contributed by atoms with Crippen molar-refractivity contribution in [1.29, 1.82) is 0 Å². The van der Waals surface area contributed by atoms with Gasteiger partial charge in [-0.1, -0.05) is 35.3 Å². The van der Waals surface area contributed by atoms with Gasteiger partial charge >= 0.3 is 5.97 Å². The molecule has 8 heteroatoms. The van der Waals surface area contributed by atoms with E-state index in [1.807, 2.05) is 24.3 Å². The highest BCUT2D eigenvalue weighted by Crippen LogP contribution is 2.23. The second kappa shape index (κ2) is 8.31. The van der Waals surface area contributed by atoms with E-state index in [4.69, 9.17) is 27.9 Å². The number of nitrogens with zero attached hydrogens (tertiary/aromatic N) is 1. The molecule has 0 unspecified atom stereocenters. The number of hydrogen-bond donors (Lipinski definition) is 1. The van der Waals surface area contributed by atoms with Gasteiger partial charge in [-0.25, -0.2) is 9.78 Å². The summed E-state index contributed by atoms with van der Waals surface area (Å²) in [6, 6.07) is 12.3. The summed E-state index contributed by atoms with van der Waals surface area (Å²) in [6.07, 6.45) is 2.79. The van der Waals surface area contributed by atoms with Crippen LogP contribution in [-0.2, 0) is 14.3 Å². The van der Waals surface area contributed by atoms with Crippen LogP contribution in [0.5, 0.6) is 0 Å². The molecule has 1 N–H and O–H groups in total. The van der Waals surface area contributed by atoms with E-state index in [1.165, 1.54) is 17.4 Å². The van der Waals surface area contributed by atoms with E-state index in [9.17, 15) is 9.59 Å². The van der Waals surface area contributed by atoms with Crippen LogP contribution in [0.15, 0.2) is 48.5 Å². The van der Waals surface area contributed by atoms with Crippen molar-refractivity contribution in [2.24, 2.45) is 0 Å². The Balaban J connectivity index is 1.52. The van der Waals surface area contributed by atoms with Crippen molar-refractivity contribution >= 4 is 68.4 Å². The van der Waals surface area contributed by atoms with E-state index in [0.29, 0.717) is 20.7 Å². The van der Waals surface area contributed by atoms with Gasteiger partial charge in [-0.05, 0) is 36.4 Å². The molecule has 0 aliphatic heterocycles. The number of carbonyl (C=O) groups excluding carboxylic acids is 2. The first-order valence-electron chi connectivity index (χ1n) is 7.46. The van der Waals surface area contributed by atoms with Crippen molar-refractivity contribution in [2.75, 3.05) is 11.9 Å². The summed E-state index contributed by atoms with van der Waals surface area (Å²) in [6.45, 7) is -0.423. The predicted octanol–water partition coefficient (Wildman–Crippen LogP) is 4.80. The number of rotatable bonds is 5. The quantitative estimate of drug-likeness (QED) is 0.488. The Hall–Kier alpha value is -2.41. The molecule has 0 bridgehead atoms. The lowest BCUT2D eigenvalue weighted by molar-refractivity contribution is -0.142. The summed E-state index contributed by atoms with van der Waals surface area (Å²) in [5.41, 5.74) is 1.29. The van der Waals surface area contributed by atoms with Gasteiger partial charge in [0.1, 0.15) is 5.01 Å². The maximum atomic E-state index is 11.8. The number of para-hydroxylation sites is 1. The molecule has 0 saturated carbocycles. The van der Waals surface area contributed by atoms with E-state index in [2.05, 4.69) is 10.3 Å². The summed E-state index contributed by atoms with van der Waals surface area (Å²) in [5, 5.41) is 4.02. The molecule has 0 spiro atoms. The van der Waals surface area contributed by atoms with E-state index >= 15 is 0 Å². The average Bonchev–Trinajstić information content (AvgIpc) is 3.00. The first-order chi connectivity index (χ1) is 12.5. The standard InChI is InChI=1S/C18H12Cl2N2O3S/c19-11-7-12(20)9-13(8-11)21-16(23)10-25-18(24)6-5-17-22-14-3-1-2-4-15(14)26-17/h1-9H,10H2,(H,21,23)/b6-5+. The van der Waals surface area contributed by atoms with Crippen molar-refractivity contribution < 1.29 is 14.3 Å². The number of nitrogens with one attached hydrogen (secondary N) is 1. The molecule has 1 heterocycles. The first-order valence-corrected chi connectivity index (χ1v) is 9.03. The lowest BCUT2D eigenvalue weighted by atomic mass is 10.3. The Bertz CT molecular complexity index is 948. The molecule has 1 amide bonds. The molecule has 132 valence electrons. The third-order valence-electron chi connectivity index (χ3n) is 3.16. The number of aromatic nitrogens is 1. The number of anilines is 1. The van der Waals surface area contributed by atoms with E-state index < -0.39 is 18.5 Å². The first kappa shape index (κ1) is 18.4. The SMILES string of the molecule is O=C(COC(=O)/C=C/c1nc2ccccc2s1)Nc1cc(Cl)cc(Cl)c1. The van der Waals surface area contributed by atoms with Crippen molar-refractivity contribution in [2.45, 2.75) is 0 Å². The summed E-state index contributed by atoms with van der Waals surface area (Å²) in [7, 11) is 0. The molecule has 3 aromatic rings. The molecule has 0 aliphatic rings. The van der Waals surface area contributed by atoms with Crippen LogP contribution in [-0.4, -0.2) is 23.5 Å². The summed E-state index contributed by atoms with van der Waals surface area (Å²) in [4.78, 5) is 27.9. The van der Waals surface area contributed by atoms with Gasteiger partial charge in [-0.3, -0.25) is 4.79 Å². The topological polar surface area (TPSA) is 68.3 Å². The number of hydrogen-bond acceptors (Lipinski definition) is 5. The molecular weight excluding hydrogens is 395 g/mol. The Morgan fingerprint density at radius 3 is 2.62 bits per heavy atom. The molecule has 0 saturated heterocycles. The highest BCUT2D eigenvalue weighted by Gasteiger charge is 2.07. The lowest BCUT2D eigenvalue weighted by Gasteiger charge is -2.06. The van der Waals surface area contributed by atoms with Gasteiger partial charge in [0.25, 0.3) is 5.91 Å². The van der Waals surface area contributed by atoms with E-state index in [1.54, 1.807) is 24.3 Å². The molecule has 0 atom stereocenters. The number of thiazole rings is 1. The van der Waals surface area contributed by atoms with Crippen molar-refractivity contribution in [3.8, 4) is 0 Å². The zero-order chi connectivity index (χ0) is 18.5. The number of esters is 1. The molecule has 1 aromatic heterocycles. The van der Waals surface area contributed by atoms with Crippen LogP contribution in [0.3, 0.4) is 0 Å². The van der Waals surface area contributed by atoms with Gasteiger partial charge in [0.2, 0.25) is 0 Å². The number of halogens is 2. The van der Waals surface area contributed by atoms with Crippen molar-refractivity contribution in [3.05, 3.63) is 63.6 Å². The Morgan fingerprint density at radius 1 is 1.15 bits per heavy atom. The zero-order valence-corrected chi connectivity index (χ0v) is 15.6.